The summed E-state index contributed by atoms with van der Waals surface area (Å²) >= 11 is 0. The third-order valence-electron chi connectivity index (χ3n) is 3.52. The molecule has 1 rings (SSSR count). The molecule has 0 aromatic carbocycles. The summed E-state index contributed by atoms with van der Waals surface area (Å²) in [5, 5.41) is 6.82. The van der Waals surface area contributed by atoms with Gasteiger partial charge in [-0.05, 0) is 31.7 Å². The lowest BCUT2D eigenvalue weighted by Gasteiger charge is -2.20. The first-order chi connectivity index (χ1) is 10.4. The van der Waals surface area contributed by atoms with Crippen LogP contribution in [0.3, 0.4) is 0 Å². The number of nitrogens with zero attached hydrogens (tertiary/aromatic N) is 3. The Morgan fingerprint density at radius 3 is 2.59 bits per heavy atom. The highest BCUT2D eigenvalue weighted by molar-refractivity contribution is 5.80. The average molecular weight is 305 g/mol. The van der Waals surface area contributed by atoms with E-state index in [4.69, 9.17) is 0 Å². The number of hydrogen-bond donors (Lipinski definition) is 2. The maximum Gasteiger partial charge on any atom is 0.191 e. The first-order valence-electron chi connectivity index (χ1n) is 8.02. The molecule has 1 atom stereocenters. The largest absolute Gasteiger partial charge is 0.362 e. The maximum atomic E-state index is 4.42. The highest BCUT2D eigenvalue weighted by atomic mass is 15.2. The second-order valence-electron chi connectivity index (χ2n) is 6.32. The van der Waals surface area contributed by atoms with Crippen LogP contribution in [0.5, 0.6) is 0 Å². The summed E-state index contributed by atoms with van der Waals surface area (Å²) < 4.78 is 0. The molecule has 0 aliphatic carbocycles. The van der Waals surface area contributed by atoms with E-state index >= 15 is 0 Å². The molecule has 1 aromatic rings. The predicted octanol–water partition coefficient (Wildman–Crippen LogP) is 2.64. The summed E-state index contributed by atoms with van der Waals surface area (Å²) in [4.78, 5) is 10.7. The van der Waals surface area contributed by atoms with Gasteiger partial charge in [-0.2, -0.15) is 0 Å². The van der Waals surface area contributed by atoms with Crippen LogP contribution in [-0.4, -0.2) is 38.1 Å². The molecular formula is C17H31N5. The summed E-state index contributed by atoms with van der Waals surface area (Å²) in [6, 6.07) is 4.46. The molecule has 0 saturated carbocycles. The minimum atomic E-state index is 0.413. The van der Waals surface area contributed by atoms with Gasteiger partial charge in [0, 0.05) is 45.5 Å². The van der Waals surface area contributed by atoms with Gasteiger partial charge in [-0.1, -0.05) is 19.9 Å². The van der Waals surface area contributed by atoms with Crippen molar-refractivity contribution >= 4 is 11.8 Å². The summed E-state index contributed by atoms with van der Waals surface area (Å²) in [6.07, 6.45) is 4.19. The van der Waals surface area contributed by atoms with Gasteiger partial charge >= 0.3 is 0 Å². The molecule has 0 saturated heterocycles. The molecule has 0 spiro atoms. The Morgan fingerprint density at radius 2 is 2.00 bits per heavy atom. The SMILES string of the molecule is CN=C(NCc1cccnc1N(C)C)NC(C)CCC(C)C. The minimum Gasteiger partial charge on any atom is -0.362 e. The Hall–Kier alpha value is -1.78. The molecule has 2 N–H and O–H groups in total. The minimum absolute atomic E-state index is 0.413. The van der Waals surface area contributed by atoms with Gasteiger partial charge in [0.2, 0.25) is 0 Å². The van der Waals surface area contributed by atoms with Crippen LogP contribution in [0.1, 0.15) is 39.2 Å². The van der Waals surface area contributed by atoms with Gasteiger partial charge in [-0.15, -0.1) is 0 Å². The Labute approximate surface area is 135 Å². The van der Waals surface area contributed by atoms with Gasteiger partial charge < -0.3 is 15.5 Å². The van der Waals surface area contributed by atoms with Crippen molar-refractivity contribution in [3.63, 3.8) is 0 Å². The molecule has 0 amide bonds. The fraction of sp³-hybridized carbons (Fsp3) is 0.647. The Kier molecular flexibility index (Phi) is 7.71. The molecule has 124 valence electrons. The lowest BCUT2D eigenvalue weighted by atomic mass is 10.0. The number of pyridine rings is 1. The van der Waals surface area contributed by atoms with Gasteiger partial charge in [0.1, 0.15) is 5.82 Å². The van der Waals surface area contributed by atoms with E-state index in [9.17, 15) is 0 Å². The standard InChI is InChI=1S/C17H31N5/c1-13(2)9-10-14(3)21-17(18-4)20-12-15-8-7-11-19-16(15)22(5)6/h7-8,11,13-14H,9-10,12H2,1-6H3,(H2,18,20,21). The Bertz CT molecular complexity index is 468. The maximum absolute atomic E-state index is 4.42. The first kappa shape index (κ1) is 18.3. The van der Waals surface area contributed by atoms with E-state index in [-0.39, 0.29) is 0 Å². The van der Waals surface area contributed by atoms with Crippen molar-refractivity contribution < 1.29 is 0 Å². The van der Waals surface area contributed by atoms with E-state index in [0.717, 1.165) is 29.7 Å². The topological polar surface area (TPSA) is 52.6 Å². The van der Waals surface area contributed by atoms with Gasteiger partial charge in [-0.25, -0.2) is 4.98 Å². The average Bonchev–Trinajstić information content (AvgIpc) is 2.49. The number of aliphatic imine (C=N–C) groups is 1. The van der Waals surface area contributed by atoms with Crippen molar-refractivity contribution in [2.24, 2.45) is 10.9 Å². The van der Waals surface area contributed by atoms with E-state index in [1.807, 2.05) is 31.3 Å². The molecule has 1 heterocycles. The van der Waals surface area contributed by atoms with Crippen molar-refractivity contribution in [2.75, 3.05) is 26.0 Å². The number of aromatic nitrogens is 1. The molecule has 0 radical (unpaired) electrons. The van der Waals surface area contributed by atoms with Crippen molar-refractivity contribution in [3.05, 3.63) is 23.9 Å². The second kappa shape index (κ2) is 9.28. The van der Waals surface area contributed by atoms with Crippen molar-refractivity contribution in [1.82, 2.24) is 15.6 Å². The number of guanidine groups is 1. The van der Waals surface area contributed by atoms with Crippen LogP contribution in [-0.2, 0) is 6.54 Å². The monoisotopic (exact) mass is 305 g/mol. The number of rotatable bonds is 7. The predicted molar refractivity (Wildman–Crippen MR) is 95.4 cm³/mol. The number of nitrogens with one attached hydrogen (secondary N) is 2. The van der Waals surface area contributed by atoms with Gasteiger partial charge in [0.05, 0.1) is 0 Å². The molecule has 1 aromatic heterocycles. The molecule has 0 aliphatic heterocycles. The summed E-state index contributed by atoms with van der Waals surface area (Å²) in [5.41, 5.74) is 1.16. The first-order valence-corrected chi connectivity index (χ1v) is 8.02. The fourth-order valence-electron chi connectivity index (χ4n) is 2.23. The van der Waals surface area contributed by atoms with E-state index in [1.54, 1.807) is 7.05 Å². The van der Waals surface area contributed by atoms with E-state index in [0.29, 0.717) is 12.6 Å². The van der Waals surface area contributed by atoms with Crippen LogP contribution in [0.2, 0.25) is 0 Å². The van der Waals surface area contributed by atoms with Gasteiger partial charge in [0.25, 0.3) is 0 Å². The lowest BCUT2D eigenvalue weighted by Crippen LogP contribution is -2.42. The molecule has 5 nitrogen and oxygen atoms in total. The third kappa shape index (κ3) is 6.33. The zero-order chi connectivity index (χ0) is 16.5. The zero-order valence-corrected chi connectivity index (χ0v) is 14.8. The van der Waals surface area contributed by atoms with Crippen molar-refractivity contribution in [1.29, 1.82) is 0 Å². The van der Waals surface area contributed by atoms with E-state index in [2.05, 4.69) is 47.4 Å². The molecule has 0 aliphatic rings. The summed E-state index contributed by atoms with van der Waals surface area (Å²) in [5.74, 6) is 2.56. The second-order valence-corrected chi connectivity index (χ2v) is 6.32. The molecule has 1 unspecified atom stereocenters. The van der Waals surface area contributed by atoms with Gasteiger partial charge in [0.15, 0.2) is 5.96 Å². The molecule has 22 heavy (non-hydrogen) atoms. The Balaban J connectivity index is 2.54. The summed E-state index contributed by atoms with van der Waals surface area (Å²) in [6.45, 7) is 7.42. The van der Waals surface area contributed by atoms with Crippen LogP contribution in [0, 0.1) is 5.92 Å². The van der Waals surface area contributed by atoms with Crippen molar-refractivity contribution in [2.45, 2.75) is 46.2 Å². The van der Waals surface area contributed by atoms with Crippen LogP contribution >= 0.6 is 0 Å². The van der Waals surface area contributed by atoms with E-state index < -0.39 is 0 Å². The third-order valence-corrected chi connectivity index (χ3v) is 3.52. The van der Waals surface area contributed by atoms with Crippen LogP contribution in [0.15, 0.2) is 23.3 Å². The smallest absolute Gasteiger partial charge is 0.191 e. The molecular weight excluding hydrogens is 274 g/mol. The Morgan fingerprint density at radius 1 is 1.27 bits per heavy atom. The van der Waals surface area contributed by atoms with E-state index in [1.165, 1.54) is 6.42 Å². The normalized spacial score (nSPS) is 13.1. The molecule has 0 bridgehead atoms. The zero-order valence-electron chi connectivity index (χ0n) is 14.8. The number of anilines is 1. The molecule has 5 heteroatoms. The number of hydrogen-bond acceptors (Lipinski definition) is 3. The van der Waals surface area contributed by atoms with Crippen LogP contribution < -0.4 is 15.5 Å². The fourth-order valence-corrected chi connectivity index (χ4v) is 2.23. The van der Waals surface area contributed by atoms with Crippen LogP contribution in [0.4, 0.5) is 5.82 Å². The highest BCUT2D eigenvalue weighted by Gasteiger charge is 2.09. The molecule has 0 fully saturated rings. The lowest BCUT2D eigenvalue weighted by molar-refractivity contribution is 0.489. The highest BCUT2D eigenvalue weighted by Crippen LogP contribution is 2.13. The van der Waals surface area contributed by atoms with Crippen LogP contribution in [0.25, 0.3) is 0 Å². The van der Waals surface area contributed by atoms with Gasteiger partial charge in [-0.3, -0.25) is 4.99 Å². The van der Waals surface area contributed by atoms with Crippen molar-refractivity contribution in [3.8, 4) is 0 Å². The summed E-state index contributed by atoms with van der Waals surface area (Å²) in [7, 11) is 5.82. The quantitative estimate of drug-likeness (QED) is 0.601.